The summed E-state index contributed by atoms with van der Waals surface area (Å²) in [5.74, 6) is -4.23. The van der Waals surface area contributed by atoms with E-state index in [1.54, 1.807) is 66.7 Å². The molecule has 0 aromatic heterocycles. The number of hydrogen-bond acceptors (Lipinski definition) is 14. The van der Waals surface area contributed by atoms with E-state index in [-0.39, 0.29) is 0 Å². The topological polar surface area (TPSA) is 179 Å². The first-order chi connectivity index (χ1) is 28.3. The van der Waals surface area contributed by atoms with Crippen LogP contribution in [0, 0.1) is 0 Å². The van der Waals surface area contributed by atoms with Gasteiger partial charge < -0.3 is 38.5 Å². The zero-order valence-corrected chi connectivity index (χ0v) is 33.9. The van der Waals surface area contributed by atoms with Crippen molar-refractivity contribution in [2.75, 3.05) is 13.7 Å². The fourth-order valence-corrected chi connectivity index (χ4v) is 8.19. The summed E-state index contributed by atoms with van der Waals surface area (Å²) in [6, 6.07) is 34.3. The largest absolute Gasteiger partial charge is 0.466 e. The van der Waals surface area contributed by atoms with E-state index in [1.807, 2.05) is 54.6 Å². The van der Waals surface area contributed by atoms with E-state index in [4.69, 9.17) is 33.2 Å². The van der Waals surface area contributed by atoms with Crippen LogP contribution in [-0.2, 0) is 62.7 Å². The highest BCUT2D eigenvalue weighted by Gasteiger charge is 2.59. The third-order valence-corrected chi connectivity index (χ3v) is 10.5. The van der Waals surface area contributed by atoms with Crippen molar-refractivity contribution >= 4 is 47.7 Å². The van der Waals surface area contributed by atoms with Crippen LogP contribution in [0.4, 0.5) is 4.79 Å². The summed E-state index contributed by atoms with van der Waals surface area (Å²) >= 11 is 0.917. The van der Waals surface area contributed by atoms with Crippen molar-refractivity contribution in [3.05, 3.63) is 138 Å². The van der Waals surface area contributed by atoms with Gasteiger partial charge in [0.15, 0.2) is 17.8 Å². The number of thioether (sulfide) groups is 1. The van der Waals surface area contributed by atoms with Crippen molar-refractivity contribution in [3.8, 4) is 0 Å². The zero-order valence-electron chi connectivity index (χ0n) is 33.1. The molecule has 5 rings (SSSR count). The molecule has 0 radical (unpaired) electrons. The van der Waals surface area contributed by atoms with Gasteiger partial charge in [-0.1, -0.05) is 121 Å². The molecule has 1 N–H and O–H groups in total. The lowest BCUT2D eigenvalue weighted by molar-refractivity contribution is -0.223. The Morgan fingerprint density at radius 2 is 1.20 bits per heavy atom. The molecule has 14 nitrogen and oxygen atoms in total. The fraction of sp³-hybridized carbons (Fsp3) is 0.318. The summed E-state index contributed by atoms with van der Waals surface area (Å²) in [5, 5.41) is 2.81. The maximum Gasteiger partial charge on any atom is 0.409 e. The summed E-state index contributed by atoms with van der Waals surface area (Å²) in [5.41, 5.74) is 0.176. The Balaban J connectivity index is 1.70. The van der Waals surface area contributed by atoms with Crippen molar-refractivity contribution in [2.24, 2.45) is 0 Å². The molecule has 1 fully saturated rings. The standard InChI is InChI=1S/C44H45NO13S/c1-28(46)53-27-37(55-30(3)48)39(56-31(4)49)40-38(36(54-29(2)47)26-43(57-40,41(50)52-5)59-35-24-16-9-17-25-35)45-42(51)58-44(32-18-10-6-11-19-32,33-20-12-7-13-21-33)34-22-14-8-15-23-34/h6-25,36-40H,26-27H2,1-5H3,(H,45,51)/t36-,37+,38+,39+,40+,43+/m0/s1. The molecule has 310 valence electrons. The predicted octanol–water partition coefficient (Wildman–Crippen LogP) is 5.88. The molecule has 1 saturated heterocycles. The molecule has 0 spiro atoms. The summed E-state index contributed by atoms with van der Waals surface area (Å²) in [4.78, 5) is 77.7. The molecule has 4 aromatic carbocycles. The Kier molecular flexibility index (Phi) is 14.9. The maximum atomic E-state index is 14.8. The molecule has 0 unspecified atom stereocenters. The van der Waals surface area contributed by atoms with Crippen LogP contribution in [-0.4, -0.2) is 85.0 Å². The van der Waals surface area contributed by atoms with Crippen LogP contribution in [0.15, 0.2) is 126 Å². The van der Waals surface area contributed by atoms with Crippen LogP contribution in [0.2, 0.25) is 0 Å². The third kappa shape index (κ3) is 10.9. The van der Waals surface area contributed by atoms with Gasteiger partial charge in [0.2, 0.25) is 4.93 Å². The van der Waals surface area contributed by atoms with Crippen LogP contribution < -0.4 is 5.32 Å². The normalized spacial score (nSPS) is 19.8. The summed E-state index contributed by atoms with van der Waals surface area (Å²) in [6.07, 6.45) is -7.86. The van der Waals surface area contributed by atoms with Gasteiger partial charge in [0.1, 0.15) is 18.8 Å². The molecule has 6 atom stereocenters. The average Bonchev–Trinajstić information content (AvgIpc) is 3.22. The number of amides is 1. The van der Waals surface area contributed by atoms with E-state index in [0.717, 1.165) is 46.6 Å². The van der Waals surface area contributed by atoms with Crippen molar-refractivity contribution in [3.63, 3.8) is 0 Å². The Bertz CT molecular complexity index is 1970. The first-order valence-electron chi connectivity index (χ1n) is 18.6. The summed E-state index contributed by atoms with van der Waals surface area (Å²) in [6.45, 7) is 3.78. The van der Waals surface area contributed by atoms with E-state index in [0.29, 0.717) is 21.6 Å². The number of alkyl carbamates (subject to hydrolysis) is 1. The van der Waals surface area contributed by atoms with Gasteiger partial charge in [-0.05, 0) is 12.1 Å². The predicted molar refractivity (Wildman–Crippen MR) is 212 cm³/mol. The molecule has 1 heterocycles. The monoisotopic (exact) mass is 827 g/mol. The SMILES string of the molecule is COC(=O)[C@]1(Sc2ccccc2)C[C@H](OC(C)=O)[C@@H](NC(=O)OC(c2ccccc2)(c2ccccc2)c2ccccc2)[C@H]([C@H](OC(C)=O)[C@@H](COC(C)=O)OC(C)=O)O1. The Morgan fingerprint density at radius 1 is 0.712 bits per heavy atom. The van der Waals surface area contributed by atoms with Gasteiger partial charge in [-0.25, -0.2) is 9.59 Å². The second-order valence-corrected chi connectivity index (χ2v) is 14.8. The molecule has 0 aliphatic carbocycles. The molecule has 59 heavy (non-hydrogen) atoms. The highest BCUT2D eigenvalue weighted by Crippen LogP contribution is 2.46. The van der Waals surface area contributed by atoms with Crippen molar-refractivity contribution in [1.29, 1.82) is 0 Å². The lowest BCUT2D eigenvalue weighted by Crippen LogP contribution is -2.68. The molecule has 0 saturated carbocycles. The fourth-order valence-electron chi connectivity index (χ4n) is 6.95. The Labute approximate surface area is 345 Å². The molecule has 15 heteroatoms. The van der Waals surface area contributed by atoms with Gasteiger partial charge in [0.25, 0.3) is 0 Å². The van der Waals surface area contributed by atoms with Crippen LogP contribution in [0.3, 0.4) is 0 Å². The quantitative estimate of drug-likeness (QED) is 0.0853. The highest BCUT2D eigenvalue weighted by molar-refractivity contribution is 8.01. The minimum absolute atomic E-state index is 0.406. The van der Waals surface area contributed by atoms with Crippen LogP contribution in [0.25, 0.3) is 0 Å². The zero-order chi connectivity index (χ0) is 42.6. The molecule has 4 aromatic rings. The molecular weight excluding hydrogens is 783 g/mol. The summed E-state index contributed by atoms with van der Waals surface area (Å²) < 4.78 is 41.0. The van der Waals surface area contributed by atoms with Gasteiger partial charge in [0, 0.05) is 55.7 Å². The number of hydrogen-bond donors (Lipinski definition) is 1. The third-order valence-electron chi connectivity index (χ3n) is 9.22. The average molecular weight is 828 g/mol. The lowest BCUT2D eigenvalue weighted by atomic mass is 9.80. The highest BCUT2D eigenvalue weighted by atomic mass is 32.2. The van der Waals surface area contributed by atoms with Crippen LogP contribution in [0.1, 0.15) is 50.8 Å². The minimum Gasteiger partial charge on any atom is -0.466 e. The van der Waals surface area contributed by atoms with E-state index in [2.05, 4.69) is 5.32 Å². The number of nitrogens with one attached hydrogen (secondary N) is 1. The lowest BCUT2D eigenvalue weighted by Gasteiger charge is -2.48. The second-order valence-electron chi connectivity index (χ2n) is 13.5. The second kappa shape index (κ2) is 20.0. The van der Waals surface area contributed by atoms with E-state index in [1.165, 1.54) is 0 Å². The Morgan fingerprint density at radius 3 is 1.64 bits per heavy atom. The molecule has 1 aliphatic rings. The molecule has 1 aliphatic heterocycles. The number of benzene rings is 4. The van der Waals surface area contributed by atoms with Crippen LogP contribution in [0.5, 0.6) is 0 Å². The number of carbonyl (C=O) groups excluding carboxylic acids is 6. The van der Waals surface area contributed by atoms with Gasteiger partial charge in [0.05, 0.1) is 13.2 Å². The number of esters is 5. The maximum absolute atomic E-state index is 14.8. The summed E-state index contributed by atoms with van der Waals surface area (Å²) in [7, 11) is 1.14. The van der Waals surface area contributed by atoms with Gasteiger partial charge in [-0.3, -0.25) is 19.2 Å². The number of rotatable bonds is 15. The molecular formula is C44H45NO13S. The van der Waals surface area contributed by atoms with Crippen molar-refractivity contribution in [2.45, 2.75) is 80.0 Å². The number of carbonyl (C=O) groups is 6. The smallest absolute Gasteiger partial charge is 0.409 e. The minimum atomic E-state index is -2.04. The van der Waals surface area contributed by atoms with Crippen LogP contribution >= 0.6 is 11.8 Å². The van der Waals surface area contributed by atoms with E-state index < -0.39 is 90.0 Å². The molecule has 1 amide bonds. The van der Waals surface area contributed by atoms with E-state index >= 15 is 0 Å². The van der Waals surface area contributed by atoms with Gasteiger partial charge in [-0.15, -0.1) is 0 Å². The number of methoxy groups -OCH3 is 1. The van der Waals surface area contributed by atoms with E-state index in [9.17, 15) is 28.8 Å². The Hall–Kier alpha value is -6.19. The first kappa shape index (κ1) is 43.9. The first-order valence-corrected chi connectivity index (χ1v) is 19.4. The van der Waals surface area contributed by atoms with Gasteiger partial charge >= 0.3 is 35.9 Å². The van der Waals surface area contributed by atoms with Crippen molar-refractivity contribution in [1.82, 2.24) is 5.32 Å². The van der Waals surface area contributed by atoms with Gasteiger partial charge in [-0.2, -0.15) is 0 Å². The number of ether oxygens (including phenoxy) is 7. The van der Waals surface area contributed by atoms with Crippen molar-refractivity contribution < 1.29 is 61.9 Å². The molecule has 0 bridgehead atoms.